The Morgan fingerprint density at radius 3 is 2.52 bits per heavy atom. The van der Waals surface area contributed by atoms with Crippen LogP contribution in [0.1, 0.15) is 60.6 Å². The Bertz CT molecular complexity index is 2910. The Morgan fingerprint density at radius 2 is 1.76 bits per heavy atom. The Balaban J connectivity index is 0.999. The van der Waals surface area contributed by atoms with E-state index in [2.05, 4.69) is 67.5 Å². The number of nitrogens with one attached hydrogen (secondary N) is 2. The van der Waals surface area contributed by atoms with E-state index in [9.17, 15) is 43.3 Å². The van der Waals surface area contributed by atoms with Crippen molar-refractivity contribution in [1.29, 1.82) is 5.26 Å². The number of benzene rings is 4. The van der Waals surface area contributed by atoms with E-state index in [1.807, 2.05) is 18.2 Å². The van der Waals surface area contributed by atoms with Gasteiger partial charge in [0.05, 0.1) is 47.6 Å². The molecule has 6 aromatic rings. The predicted octanol–water partition coefficient (Wildman–Crippen LogP) is 6.93. The molecule has 1 fully saturated rings. The first-order chi connectivity index (χ1) is 32.1. The largest absolute Gasteiger partial charge is 0.508 e. The summed E-state index contributed by atoms with van der Waals surface area (Å²) < 4.78 is 44.8. The number of nitriles is 1. The summed E-state index contributed by atoms with van der Waals surface area (Å²) >= 11 is 0. The average molecular weight is 916 g/mol. The van der Waals surface area contributed by atoms with Gasteiger partial charge in [-0.1, -0.05) is 68.0 Å². The molecule has 2 aliphatic heterocycles. The van der Waals surface area contributed by atoms with Gasteiger partial charge in [-0.25, -0.2) is 9.55 Å². The SMILES string of the molecule is C=CC(=O)N1CCN(c2nc(NCCC(=O)NCc3ccc(-n4c(O)nnc4-c4cc(C(C)C)c(O)cc4O)cc3C(F)(F)F)nc3c2CCN(c2cccc4ccccc24)C3)CC1CC#N. The second kappa shape index (κ2) is 18.9. The highest BCUT2D eigenvalue weighted by Crippen LogP contribution is 2.41. The molecule has 16 nitrogen and oxygen atoms in total. The van der Waals surface area contributed by atoms with Crippen LogP contribution in [-0.2, 0) is 35.3 Å². The van der Waals surface area contributed by atoms with Crippen molar-refractivity contribution in [3.8, 4) is 40.7 Å². The molecule has 8 rings (SSSR count). The lowest BCUT2D eigenvalue weighted by molar-refractivity contribution is -0.138. The van der Waals surface area contributed by atoms with Crippen LogP contribution in [0.4, 0.5) is 30.6 Å². The molecule has 5 N–H and O–H groups in total. The number of aromatic hydroxyl groups is 3. The first-order valence-electron chi connectivity index (χ1n) is 21.7. The quantitative estimate of drug-likeness (QED) is 0.0746. The zero-order valence-electron chi connectivity index (χ0n) is 36.8. The van der Waals surface area contributed by atoms with Crippen LogP contribution in [0.2, 0.25) is 0 Å². The Labute approximate surface area is 383 Å². The first kappa shape index (κ1) is 45.7. The van der Waals surface area contributed by atoms with E-state index in [4.69, 9.17) is 9.97 Å². The maximum Gasteiger partial charge on any atom is 0.416 e. The smallest absolute Gasteiger partial charge is 0.416 e. The molecule has 1 unspecified atom stereocenters. The summed E-state index contributed by atoms with van der Waals surface area (Å²) in [6.07, 6.45) is -3.03. The van der Waals surface area contributed by atoms with Gasteiger partial charge >= 0.3 is 12.2 Å². The Kier molecular flexibility index (Phi) is 12.9. The number of hydrogen-bond donors (Lipinski definition) is 5. The van der Waals surface area contributed by atoms with Gasteiger partial charge < -0.3 is 40.7 Å². The van der Waals surface area contributed by atoms with Gasteiger partial charge in [-0.15, -0.1) is 5.10 Å². The number of phenols is 2. The number of phenolic OH excluding ortho intramolecular Hbond substituents is 2. The lowest BCUT2D eigenvalue weighted by Crippen LogP contribution is -2.55. The van der Waals surface area contributed by atoms with Crippen LogP contribution >= 0.6 is 0 Å². The van der Waals surface area contributed by atoms with Crippen LogP contribution < -0.4 is 20.4 Å². The molecule has 0 aliphatic carbocycles. The van der Waals surface area contributed by atoms with E-state index in [0.29, 0.717) is 50.5 Å². The van der Waals surface area contributed by atoms with E-state index in [0.717, 1.165) is 44.4 Å². The van der Waals surface area contributed by atoms with E-state index >= 15 is 0 Å². The van der Waals surface area contributed by atoms with Gasteiger partial charge in [0.1, 0.15) is 17.3 Å². The lowest BCUT2D eigenvalue weighted by atomic mass is 9.98. The van der Waals surface area contributed by atoms with Gasteiger partial charge in [-0.05, 0) is 59.2 Å². The van der Waals surface area contributed by atoms with Crippen molar-refractivity contribution in [1.82, 2.24) is 34.9 Å². The molecule has 4 heterocycles. The summed E-state index contributed by atoms with van der Waals surface area (Å²) in [4.78, 5) is 41.7. The number of hydrogen-bond acceptors (Lipinski definition) is 13. The topological polar surface area (TPSA) is 209 Å². The maximum atomic E-state index is 14.6. The van der Waals surface area contributed by atoms with E-state index in [-0.39, 0.29) is 65.5 Å². The number of aromatic nitrogens is 5. The highest BCUT2D eigenvalue weighted by molar-refractivity contribution is 5.94. The molecule has 1 atom stereocenters. The first-order valence-corrected chi connectivity index (χ1v) is 21.7. The van der Waals surface area contributed by atoms with Crippen LogP contribution in [0.25, 0.3) is 27.8 Å². The number of amides is 2. The second-order valence-corrected chi connectivity index (χ2v) is 16.7. The van der Waals surface area contributed by atoms with Crippen molar-refractivity contribution in [2.75, 3.05) is 47.8 Å². The summed E-state index contributed by atoms with van der Waals surface area (Å²) in [7, 11) is 0. The van der Waals surface area contributed by atoms with Crippen molar-refractivity contribution < 1.29 is 38.1 Å². The second-order valence-electron chi connectivity index (χ2n) is 16.7. The molecular formula is C48H48F3N11O5. The molecular weight excluding hydrogens is 868 g/mol. The molecule has 0 saturated carbocycles. The molecule has 0 bridgehead atoms. The summed E-state index contributed by atoms with van der Waals surface area (Å²) in [6, 6.07) is 21.2. The van der Waals surface area contributed by atoms with Gasteiger partial charge in [0.25, 0.3) is 0 Å². The number of nitrogens with zero attached hydrogens (tertiary/aromatic N) is 9. The number of carbonyl (C=O) groups is 2. The van der Waals surface area contributed by atoms with E-state index in [1.54, 1.807) is 18.7 Å². The summed E-state index contributed by atoms with van der Waals surface area (Å²) in [5, 5.41) is 56.8. The van der Waals surface area contributed by atoms with Crippen LogP contribution in [0.5, 0.6) is 17.5 Å². The maximum absolute atomic E-state index is 14.6. The molecule has 2 amide bonds. The van der Waals surface area contributed by atoms with E-state index < -0.39 is 42.0 Å². The fraction of sp³-hybridized carbons (Fsp3) is 0.312. The third-order valence-electron chi connectivity index (χ3n) is 12.1. The molecule has 67 heavy (non-hydrogen) atoms. The molecule has 1 saturated heterocycles. The molecule has 0 spiro atoms. The number of carbonyl (C=O) groups excluding carboxylic acids is 2. The number of rotatable bonds is 13. The van der Waals surface area contributed by atoms with Crippen molar-refractivity contribution in [2.24, 2.45) is 0 Å². The zero-order chi connectivity index (χ0) is 47.6. The highest BCUT2D eigenvalue weighted by Gasteiger charge is 2.36. The van der Waals surface area contributed by atoms with Gasteiger partial charge in [-0.3, -0.25) is 9.59 Å². The van der Waals surface area contributed by atoms with Crippen LogP contribution in [0.15, 0.2) is 85.5 Å². The van der Waals surface area contributed by atoms with Crippen molar-refractivity contribution in [2.45, 2.75) is 64.3 Å². The standard InChI is InChI=1S/C48H48F3N11O5/c1-4-43(66)61-21-20-60(26-32(61)14-17-52)44-34-16-19-59(39-11-7-9-29-8-5-6-10-33(29)39)27-38(34)55-46(56-44)53-18-15-42(65)54-25-30-12-13-31(22-37(30)48(49,50)51)62-45(57-58-47(62)67)36-23-35(28(2)3)40(63)24-41(36)64/h4-13,22-24,28,32,63-64H,1,14-16,18-21,25-27H2,2-3H3,(H,54,65)(H,58,67)(H,53,55,56). The van der Waals surface area contributed by atoms with Crippen LogP contribution in [-0.4, -0.2) is 95.5 Å². The Morgan fingerprint density at radius 1 is 0.970 bits per heavy atom. The number of piperazine rings is 1. The monoisotopic (exact) mass is 915 g/mol. The van der Waals surface area contributed by atoms with Crippen molar-refractivity contribution >= 4 is 40.0 Å². The van der Waals surface area contributed by atoms with Gasteiger partial charge in [0.15, 0.2) is 5.82 Å². The molecule has 19 heteroatoms. The minimum Gasteiger partial charge on any atom is -0.508 e. The molecule has 4 aromatic carbocycles. The number of fused-ring (bicyclic) bond motifs is 2. The summed E-state index contributed by atoms with van der Waals surface area (Å²) in [6.45, 7) is 9.11. The molecule has 346 valence electrons. The number of halogens is 3. The minimum absolute atomic E-state index is 0.0247. The van der Waals surface area contributed by atoms with E-state index in [1.165, 1.54) is 24.3 Å². The van der Waals surface area contributed by atoms with Crippen LogP contribution in [0, 0.1) is 11.3 Å². The van der Waals surface area contributed by atoms with Gasteiger partial charge in [-0.2, -0.15) is 23.4 Å². The molecule has 2 aromatic heterocycles. The summed E-state index contributed by atoms with van der Waals surface area (Å²) in [5.41, 5.74) is 1.73. The fourth-order valence-electron chi connectivity index (χ4n) is 8.79. The third kappa shape index (κ3) is 9.46. The van der Waals surface area contributed by atoms with Crippen LogP contribution in [0.3, 0.4) is 0 Å². The minimum atomic E-state index is -4.87. The lowest BCUT2D eigenvalue weighted by Gasteiger charge is -2.42. The Hall–Kier alpha value is -7.88. The number of anilines is 3. The van der Waals surface area contributed by atoms with Gasteiger partial charge in [0.2, 0.25) is 17.8 Å². The number of alkyl halides is 3. The third-order valence-corrected chi connectivity index (χ3v) is 12.1. The highest BCUT2D eigenvalue weighted by atomic mass is 19.4. The van der Waals surface area contributed by atoms with Crippen molar-refractivity contribution in [3.63, 3.8) is 0 Å². The average Bonchev–Trinajstić information content (AvgIpc) is 3.69. The molecule has 2 aliphatic rings. The molecule has 0 radical (unpaired) electrons. The van der Waals surface area contributed by atoms with Crippen molar-refractivity contribution in [3.05, 3.63) is 113 Å². The van der Waals surface area contributed by atoms with Gasteiger partial charge in [0, 0.05) is 68.4 Å². The predicted molar refractivity (Wildman–Crippen MR) is 245 cm³/mol. The normalized spacial score (nSPS) is 15.1. The zero-order valence-corrected chi connectivity index (χ0v) is 36.8. The fourth-order valence-corrected chi connectivity index (χ4v) is 8.79. The summed E-state index contributed by atoms with van der Waals surface area (Å²) in [5.74, 6) is -0.856.